The van der Waals surface area contributed by atoms with E-state index in [0.29, 0.717) is 20.1 Å². The molecule has 0 aliphatic rings. The average Bonchev–Trinajstić information content (AvgIpc) is 3.34. The molecule has 0 fully saturated rings. The summed E-state index contributed by atoms with van der Waals surface area (Å²) < 4.78 is 50.9. The number of nitrogens with zero attached hydrogens (tertiary/aromatic N) is 2. The summed E-state index contributed by atoms with van der Waals surface area (Å²) in [6.07, 6.45) is -4.43. The highest BCUT2D eigenvalue weighted by atomic mass is 32.1. The molecule has 2 atom stereocenters. The standard InChI is InChI=1S/C21H20F4N4O2S2/c1-3-17(22)26-9-11(2)12-4-6-13(7-5-12)28-18(31)14-8-15-19(32-14)29-20(33-15)27-10-16(30)21(23,24)25/h3-9,11,16,30H,10H2,1-2H3,(H,27,29)(H,28,31)/b17-3-,26-9?. The zero-order valence-corrected chi connectivity index (χ0v) is 19.1. The maximum Gasteiger partial charge on any atom is 0.416 e. The molecule has 0 spiro atoms. The molecule has 0 bridgehead atoms. The van der Waals surface area contributed by atoms with Gasteiger partial charge < -0.3 is 15.7 Å². The zero-order valence-electron chi connectivity index (χ0n) is 17.5. The van der Waals surface area contributed by atoms with Crippen molar-refractivity contribution in [2.45, 2.75) is 32.0 Å². The Bertz CT molecular complexity index is 1140. The van der Waals surface area contributed by atoms with Gasteiger partial charge in [-0.1, -0.05) is 30.4 Å². The Morgan fingerprint density at radius 1 is 1.27 bits per heavy atom. The van der Waals surface area contributed by atoms with Crippen molar-refractivity contribution in [3.8, 4) is 0 Å². The highest BCUT2D eigenvalue weighted by Crippen LogP contribution is 2.33. The summed E-state index contributed by atoms with van der Waals surface area (Å²) in [7, 11) is 0. The van der Waals surface area contributed by atoms with E-state index >= 15 is 0 Å². The number of carbonyl (C=O) groups is 1. The number of rotatable bonds is 8. The van der Waals surface area contributed by atoms with Crippen LogP contribution in [-0.2, 0) is 0 Å². The number of alkyl halides is 3. The van der Waals surface area contributed by atoms with Gasteiger partial charge in [-0.05, 0) is 36.8 Å². The van der Waals surface area contributed by atoms with Gasteiger partial charge in [0.1, 0.15) is 4.83 Å². The normalized spacial score (nSPS) is 14.6. The molecule has 0 saturated carbocycles. The van der Waals surface area contributed by atoms with E-state index in [1.165, 1.54) is 12.3 Å². The molecule has 3 rings (SSSR count). The SMILES string of the molecule is C/C=C(/F)N=CC(C)c1ccc(NC(=O)c2cc3sc(NCC(O)C(F)(F)F)nc3s2)cc1. The van der Waals surface area contributed by atoms with Crippen LogP contribution in [0.25, 0.3) is 9.53 Å². The number of nitrogens with one attached hydrogen (secondary N) is 2. The lowest BCUT2D eigenvalue weighted by Crippen LogP contribution is -2.34. The molecule has 0 aliphatic heterocycles. The number of thiophene rings is 1. The molecule has 3 N–H and O–H groups in total. The maximum absolute atomic E-state index is 13.1. The van der Waals surface area contributed by atoms with Gasteiger partial charge in [-0.25, -0.2) is 9.98 Å². The van der Waals surface area contributed by atoms with Gasteiger partial charge in [0.15, 0.2) is 11.2 Å². The van der Waals surface area contributed by atoms with Gasteiger partial charge in [-0.3, -0.25) is 4.79 Å². The number of halogens is 4. The number of amides is 1. The Hall–Kier alpha value is -2.83. The number of hydrogen-bond donors (Lipinski definition) is 3. The quantitative estimate of drug-likeness (QED) is 0.203. The number of carbonyl (C=O) groups excluding carboxylic acids is 1. The first-order chi connectivity index (χ1) is 15.6. The maximum atomic E-state index is 13.1. The van der Waals surface area contributed by atoms with E-state index in [0.717, 1.165) is 28.2 Å². The van der Waals surface area contributed by atoms with Crippen molar-refractivity contribution in [1.29, 1.82) is 0 Å². The van der Waals surface area contributed by atoms with Crippen LogP contribution >= 0.6 is 22.7 Å². The van der Waals surface area contributed by atoms with Crippen molar-refractivity contribution >= 4 is 55.1 Å². The number of aliphatic hydroxyl groups excluding tert-OH is 1. The Morgan fingerprint density at radius 3 is 2.58 bits per heavy atom. The van der Waals surface area contributed by atoms with Crippen molar-refractivity contribution in [1.82, 2.24) is 4.98 Å². The van der Waals surface area contributed by atoms with Gasteiger partial charge in [0, 0.05) is 17.8 Å². The highest BCUT2D eigenvalue weighted by molar-refractivity contribution is 7.29. The average molecular weight is 501 g/mol. The van der Waals surface area contributed by atoms with Gasteiger partial charge in [0.25, 0.3) is 5.91 Å². The van der Waals surface area contributed by atoms with Gasteiger partial charge in [-0.2, -0.15) is 17.6 Å². The van der Waals surface area contributed by atoms with Crippen LogP contribution in [0.15, 0.2) is 47.4 Å². The third-order valence-electron chi connectivity index (χ3n) is 4.49. The van der Waals surface area contributed by atoms with Crippen LogP contribution in [-0.4, -0.2) is 41.0 Å². The summed E-state index contributed by atoms with van der Waals surface area (Å²) in [5.74, 6) is -1.02. The number of thiazole rings is 1. The minimum Gasteiger partial charge on any atom is -0.382 e. The molecule has 2 aromatic heterocycles. The van der Waals surface area contributed by atoms with Gasteiger partial charge in [0.05, 0.1) is 16.1 Å². The third-order valence-corrected chi connectivity index (χ3v) is 6.61. The summed E-state index contributed by atoms with van der Waals surface area (Å²) in [4.78, 5) is 21.3. The van der Waals surface area contributed by atoms with E-state index in [1.54, 1.807) is 25.1 Å². The predicted octanol–water partition coefficient (Wildman–Crippen LogP) is 5.95. The Kier molecular flexibility index (Phi) is 7.82. The van der Waals surface area contributed by atoms with Crippen LogP contribution in [0.4, 0.5) is 28.4 Å². The second kappa shape index (κ2) is 10.4. The fourth-order valence-corrected chi connectivity index (χ4v) is 4.65. The van der Waals surface area contributed by atoms with Crippen LogP contribution in [0, 0.1) is 0 Å². The topological polar surface area (TPSA) is 86.6 Å². The van der Waals surface area contributed by atoms with Crippen LogP contribution in [0.3, 0.4) is 0 Å². The molecule has 6 nitrogen and oxygen atoms in total. The summed E-state index contributed by atoms with van der Waals surface area (Å²) >= 11 is 2.20. The molecule has 3 aromatic rings. The zero-order chi connectivity index (χ0) is 24.2. The first kappa shape index (κ1) is 24.8. The Morgan fingerprint density at radius 2 is 1.97 bits per heavy atom. The van der Waals surface area contributed by atoms with Crippen molar-refractivity contribution in [2.75, 3.05) is 17.2 Å². The number of anilines is 2. The second-order valence-corrected chi connectivity index (χ2v) is 9.05. The van der Waals surface area contributed by atoms with E-state index in [2.05, 4.69) is 20.6 Å². The number of fused-ring (bicyclic) bond motifs is 1. The van der Waals surface area contributed by atoms with Crippen molar-refractivity contribution < 1.29 is 27.5 Å². The van der Waals surface area contributed by atoms with Crippen molar-refractivity contribution in [3.63, 3.8) is 0 Å². The van der Waals surface area contributed by atoms with Crippen molar-refractivity contribution in [2.24, 2.45) is 4.99 Å². The molecule has 0 radical (unpaired) electrons. The number of aliphatic imine (C=N–C) groups is 1. The summed E-state index contributed by atoms with van der Waals surface area (Å²) in [6.45, 7) is 2.72. The monoisotopic (exact) mass is 500 g/mol. The molecule has 1 aromatic carbocycles. The number of allylic oxidation sites excluding steroid dienone is 1. The van der Waals surface area contributed by atoms with Crippen molar-refractivity contribution in [3.05, 3.63) is 52.8 Å². The van der Waals surface area contributed by atoms with E-state index in [1.807, 2.05) is 19.1 Å². The van der Waals surface area contributed by atoms with Gasteiger partial charge in [-0.15, -0.1) is 11.3 Å². The van der Waals surface area contributed by atoms with E-state index in [-0.39, 0.29) is 17.0 Å². The minimum absolute atomic E-state index is 0.115. The molecular weight excluding hydrogens is 480 g/mol. The predicted molar refractivity (Wildman–Crippen MR) is 124 cm³/mol. The molecule has 2 unspecified atom stereocenters. The molecule has 2 heterocycles. The summed E-state index contributed by atoms with van der Waals surface area (Å²) in [5.41, 5.74) is 1.47. The number of benzene rings is 1. The number of aliphatic hydroxyl groups is 1. The van der Waals surface area contributed by atoms with Crippen LogP contribution in [0.5, 0.6) is 0 Å². The van der Waals surface area contributed by atoms with Gasteiger partial charge >= 0.3 is 6.18 Å². The lowest BCUT2D eigenvalue weighted by molar-refractivity contribution is -0.198. The highest BCUT2D eigenvalue weighted by Gasteiger charge is 2.38. The van der Waals surface area contributed by atoms with E-state index in [9.17, 15) is 22.4 Å². The third kappa shape index (κ3) is 6.59. The second-order valence-electron chi connectivity index (χ2n) is 6.99. The van der Waals surface area contributed by atoms with Crippen LogP contribution < -0.4 is 10.6 Å². The number of aromatic nitrogens is 1. The van der Waals surface area contributed by atoms with E-state index in [4.69, 9.17) is 5.11 Å². The first-order valence-corrected chi connectivity index (χ1v) is 11.4. The molecule has 33 heavy (non-hydrogen) atoms. The fraction of sp³-hybridized carbons (Fsp3) is 0.286. The summed E-state index contributed by atoms with van der Waals surface area (Å²) in [5, 5.41) is 14.5. The van der Waals surface area contributed by atoms with E-state index < -0.39 is 24.8 Å². The van der Waals surface area contributed by atoms with Gasteiger partial charge in [0.2, 0.25) is 5.95 Å². The molecule has 0 aliphatic carbocycles. The minimum atomic E-state index is -4.71. The molecule has 0 saturated heterocycles. The number of hydrogen-bond acceptors (Lipinski definition) is 7. The lowest BCUT2D eigenvalue weighted by atomic mass is 10.0. The lowest BCUT2D eigenvalue weighted by Gasteiger charge is -2.14. The first-order valence-electron chi connectivity index (χ1n) is 9.73. The van der Waals surface area contributed by atoms with Crippen LogP contribution in [0.2, 0.25) is 0 Å². The largest absolute Gasteiger partial charge is 0.416 e. The molecular formula is C21H20F4N4O2S2. The Balaban J connectivity index is 1.60. The summed E-state index contributed by atoms with van der Waals surface area (Å²) in [6, 6.07) is 8.68. The Labute approximate surface area is 194 Å². The van der Waals surface area contributed by atoms with Crippen LogP contribution in [0.1, 0.15) is 35.0 Å². The molecule has 176 valence electrons. The molecule has 12 heteroatoms. The smallest absolute Gasteiger partial charge is 0.382 e. The fourth-order valence-electron chi connectivity index (χ4n) is 2.63. The molecule has 1 amide bonds.